The van der Waals surface area contributed by atoms with Crippen LogP contribution in [0.1, 0.15) is 44.0 Å². The van der Waals surface area contributed by atoms with Crippen LogP contribution in [0.4, 0.5) is 11.4 Å². The summed E-state index contributed by atoms with van der Waals surface area (Å²) in [5, 5.41) is 5.88. The number of hydrogen-bond donors (Lipinski definition) is 2. The average molecular weight is 405 g/mol. The molecule has 0 aliphatic rings. The molecule has 7 heteroatoms. The fourth-order valence-corrected chi connectivity index (χ4v) is 2.66. The molecule has 0 radical (unpaired) electrons. The minimum absolute atomic E-state index is 0.0692. The molecule has 28 heavy (non-hydrogen) atoms. The van der Waals surface area contributed by atoms with Gasteiger partial charge in [-0.15, -0.1) is 0 Å². The van der Waals surface area contributed by atoms with E-state index in [9.17, 15) is 9.59 Å². The molecule has 2 N–H and O–H groups in total. The van der Waals surface area contributed by atoms with Crippen LogP contribution in [-0.4, -0.2) is 25.0 Å². The smallest absolute Gasteiger partial charge is 0.255 e. The highest BCUT2D eigenvalue weighted by molar-refractivity contribution is 6.32. The summed E-state index contributed by atoms with van der Waals surface area (Å²) in [5.41, 5.74) is 1.63. The van der Waals surface area contributed by atoms with Gasteiger partial charge in [-0.2, -0.15) is 0 Å². The first kappa shape index (κ1) is 21.6. The van der Waals surface area contributed by atoms with E-state index >= 15 is 0 Å². The van der Waals surface area contributed by atoms with Gasteiger partial charge in [-0.05, 0) is 49.7 Å². The van der Waals surface area contributed by atoms with E-state index in [2.05, 4.69) is 10.6 Å². The number of hydrogen-bond acceptors (Lipinski definition) is 4. The van der Waals surface area contributed by atoms with Gasteiger partial charge < -0.3 is 20.1 Å². The average Bonchev–Trinajstić information content (AvgIpc) is 2.68. The van der Waals surface area contributed by atoms with Gasteiger partial charge in [-0.1, -0.05) is 25.4 Å². The molecule has 0 unspecified atom stereocenters. The molecule has 150 valence electrons. The van der Waals surface area contributed by atoms with Gasteiger partial charge in [0.2, 0.25) is 5.91 Å². The van der Waals surface area contributed by atoms with Gasteiger partial charge in [-0.3, -0.25) is 9.59 Å². The quantitative estimate of drug-likeness (QED) is 0.607. The highest BCUT2D eigenvalue weighted by Gasteiger charge is 2.16. The van der Waals surface area contributed by atoms with Crippen LogP contribution in [0.2, 0.25) is 5.02 Å². The lowest BCUT2D eigenvalue weighted by Gasteiger charge is -2.15. The van der Waals surface area contributed by atoms with E-state index < -0.39 is 0 Å². The summed E-state index contributed by atoms with van der Waals surface area (Å²) in [5.74, 6) is 0.486. The fourth-order valence-electron chi connectivity index (χ4n) is 2.40. The van der Waals surface area contributed by atoms with Crippen molar-refractivity contribution in [1.29, 1.82) is 0 Å². The minimum Gasteiger partial charge on any atom is -0.490 e. The Kier molecular flexibility index (Phi) is 8.14. The highest BCUT2D eigenvalue weighted by atomic mass is 35.5. The lowest BCUT2D eigenvalue weighted by molar-refractivity contribution is -0.115. The van der Waals surface area contributed by atoms with Gasteiger partial charge in [-0.25, -0.2) is 0 Å². The van der Waals surface area contributed by atoms with Gasteiger partial charge in [0.05, 0.1) is 18.2 Å². The Hall–Kier alpha value is -2.73. The maximum Gasteiger partial charge on any atom is 0.255 e. The zero-order chi connectivity index (χ0) is 20.5. The predicted molar refractivity (Wildman–Crippen MR) is 112 cm³/mol. The Morgan fingerprint density at radius 3 is 2.18 bits per heavy atom. The molecule has 0 fully saturated rings. The van der Waals surface area contributed by atoms with Crippen molar-refractivity contribution in [1.82, 2.24) is 0 Å². The SMILES string of the molecule is CCCOc1c(Cl)cc(C(=O)Nc2ccc(NC(=O)CC)cc2)cc1OCC. The molecule has 0 bridgehead atoms. The van der Waals surface area contributed by atoms with Crippen molar-refractivity contribution >= 4 is 34.8 Å². The maximum absolute atomic E-state index is 12.6. The summed E-state index contributed by atoms with van der Waals surface area (Å²) in [6, 6.07) is 10.1. The monoisotopic (exact) mass is 404 g/mol. The first-order chi connectivity index (χ1) is 13.5. The molecule has 0 atom stereocenters. The normalized spacial score (nSPS) is 10.3. The van der Waals surface area contributed by atoms with Crippen molar-refractivity contribution in [2.24, 2.45) is 0 Å². The van der Waals surface area contributed by atoms with Crippen molar-refractivity contribution in [2.75, 3.05) is 23.8 Å². The number of benzene rings is 2. The molecule has 0 spiro atoms. The topological polar surface area (TPSA) is 76.7 Å². The molecule has 2 aromatic carbocycles. The van der Waals surface area contributed by atoms with Crippen molar-refractivity contribution in [3.8, 4) is 11.5 Å². The molecule has 0 aliphatic heterocycles. The molecular weight excluding hydrogens is 380 g/mol. The summed E-state index contributed by atoms with van der Waals surface area (Å²) < 4.78 is 11.2. The Morgan fingerprint density at radius 2 is 1.61 bits per heavy atom. The van der Waals surface area contributed by atoms with Crippen LogP contribution in [0, 0.1) is 0 Å². The number of halogens is 1. The number of carbonyl (C=O) groups excluding carboxylic acids is 2. The number of carbonyl (C=O) groups is 2. The lowest BCUT2D eigenvalue weighted by Crippen LogP contribution is -2.13. The third-order valence-electron chi connectivity index (χ3n) is 3.77. The predicted octanol–water partition coefficient (Wildman–Crippen LogP) is 5.13. The zero-order valence-electron chi connectivity index (χ0n) is 16.3. The van der Waals surface area contributed by atoms with Crippen LogP contribution in [0.5, 0.6) is 11.5 Å². The number of ether oxygens (including phenoxy) is 2. The van der Waals surface area contributed by atoms with E-state index in [0.717, 1.165) is 6.42 Å². The standard InChI is InChI=1S/C21H25ClN2O4/c1-4-11-28-20-17(22)12-14(13-18(20)27-6-3)21(26)24-16-9-7-15(8-10-16)23-19(25)5-2/h7-10,12-13H,4-6,11H2,1-3H3,(H,23,25)(H,24,26). The van der Waals surface area contributed by atoms with Gasteiger partial charge in [0, 0.05) is 23.4 Å². The van der Waals surface area contributed by atoms with Gasteiger partial charge in [0.25, 0.3) is 5.91 Å². The Morgan fingerprint density at radius 1 is 0.964 bits per heavy atom. The first-order valence-electron chi connectivity index (χ1n) is 9.28. The van der Waals surface area contributed by atoms with E-state index in [-0.39, 0.29) is 11.8 Å². The first-order valence-corrected chi connectivity index (χ1v) is 9.66. The summed E-state index contributed by atoms with van der Waals surface area (Å²) in [6.45, 7) is 6.56. The van der Waals surface area contributed by atoms with E-state index in [4.69, 9.17) is 21.1 Å². The second-order valence-corrected chi connectivity index (χ2v) is 6.41. The molecule has 2 rings (SSSR count). The van der Waals surface area contributed by atoms with Crippen molar-refractivity contribution in [3.63, 3.8) is 0 Å². The molecule has 0 aliphatic carbocycles. The second-order valence-electron chi connectivity index (χ2n) is 6.00. The molecular formula is C21H25ClN2O4. The third-order valence-corrected chi connectivity index (χ3v) is 4.05. The molecule has 6 nitrogen and oxygen atoms in total. The lowest BCUT2D eigenvalue weighted by atomic mass is 10.1. The van der Waals surface area contributed by atoms with E-state index in [1.165, 1.54) is 0 Å². The summed E-state index contributed by atoms with van der Waals surface area (Å²) >= 11 is 6.31. The van der Waals surface area contributed by atoms with Crippen LogP contribution in [0.15, 0.2) is 36.4 Å². The van der Waals surface area contributed by atoms with E-state index in [1.807, 2.05) is 13.8 Å². The zero-order valence-corrected chi connectivity index (χ0v) is 17.1. The van der Waals surface area contributed by atoms with Gasteiger partial charge >= 0.3 is 0 Å². The minimum atomic E-state index is -0.324. The van der Waals surface area contributed by atoms with Crippen LogP contribution >= 0.6 is 11.6 Å². The Labute approximate surface area is 170 Å². The van der Waals surface area contributed by atoms with E-state index in [0.29, 0.717) is 53.1 Å². The van der Waals surface area contributed by atoms with Gasteiger partial charge in [0.1, 0.15) is 0 Å². The molecule has 2 aromatic rings. The van der Waals surface area contributed by atoms with Crippen LogP contribution in [0.3, 0.4) is 0 Å². The fraction of sp³-hybridized carbons (Fsp3) is 0.333. The molecule has 2 amide bonds. The Bertz CT molecular complexity index is 822. The van der Waals surface area contributed by atoms with Crippen molar-refractivity contribution in [2.45, 2.75) is 33.6 Å². The number of nitrogens with one attached hydrogen (secondary N) is 2. The number of rotatable bonds is 9. The maximum atomic E-state index is 12.6. The second kappa shape index (κ2) is 10.6. The largest absolute Gasteiger partial charge is 0.490 e. The van der Waals surface area contributed by atoms with Crippen LogP contribution < -0.4 is 20.1 Å². The van der Waals surface area contributed by atoms with Crippen molar-refractivity contribution < 1.29 is 19.1 Å². The molecule has 0 saturated carbocycles. The number of anilines is 2. The summed E-state index contributed by atoms with van der Waals surface area (Å²) in [4.78, 5) is 24.0. The Balaban J connectivity index is 2.16. The third kappa shape index (κ3) is 5.89. The molecule has 0 heterocycles. The van der Waals surface area contributed by atoms with Crippen LogP contribution in [0.25, 0.3) is 0 Å². The highest BCUT2D eigenvalue weighted by Crippen LogP contribution is 2.37. The van der Waals surface area contributed by atoms with E-state index in [1.54, 1.807) is 43.3 Å². The number of amides is 2. The van der Waals surface area contributed by atoms with Gasteiger partial charge in [0.15, 0.2) is 11.5 Å². The molecule has 0 aromatic heterocycles. The van der Waals surface area contributed by atoms with Crippen LogP contribution in [-0.2, 0) is 4.79 Å². The van der Waals surface area contributed by atoms with Crippen molar-refractivity contribution in [3.05, 3.63) is 47.0 Å². The summed E-state index contributed by atoms with van der Waals surface area (Å²) in [6.07, 6.45) is 1.23. The molecule has 0 saturated heterocycles. The summed E-state index contributed by atoms with van der Waals surface area (Å²) in [7, 11) is 0.